The lowest BCUT2D eigenvalue weighted by Gasteiger charge is -2.24. The molecule has 0 atom stereocenters. The van der Waals surface area contributed by atoms with E-state index >= 15 is 0 Å². The summed E-state index contributed by atoms with van der Waals surface area (Å²) >= 11 is 4.14. The molecule has 0 saturated carbocycles. The van der Waals surface area contributed by atoms with Crippen LogP contribution in [0.2, 0.25) is 0 Å². The summed E-state index contributed by atoms with van der Waals surface area (Å²) in [4.78, 5) is 0. The van der Waals surface area contributed by atoms with Gasteiger partial charge in [0.15, 0.2) is 0 Å². The van der Waals surface area contributed by atoms with Crippen LogP contribution >= 0.6 is 19.0 Å². The van der Waals surface area contributed by atoms with Gasteiger partial charge in [0.25, 0.3) is 0 Å². The molecule has 0 saturated heterocycles. The Balaban J connectivity index is 0. The highest BCUT2D eigenvalue weighted by Gasteiger charge is 2.29. The van der Waals surface area contributed by atoms with Crippen LogP contribution in [0.3, 0.4) is 0 Å². The molecule has 3 heteroatoms. The largest absolute Gasteiger partial charge is 0.247 e. The van der Waals surface area contributed by atoms with Gasteiger partial charge < -0.3 is 0 Å². The lowest BCUT2D eigenvalue weighted by molar-refractivity contribution is 0.616. The molecule has 0 aliphatic rings. The van der Waals surface area contributed by atoms with Crippen molar-refractivity contribution >= 4 is 19.0 Å². The summed E-state index contributed by atoms with van der Waals surface area (Å²) in [6, 6.07) is 0. The van der Waals surface area contributed by atoms with Crippen LogP contribution in [0.5, 0.6) is 0 Å². The molecule has 0 aliphatic carbocycles. The summed E-state index contributed by atoms with van der Waals surface area (Å²) in [5.74, 6) is 0. The summed E-state index contributed by atoms with van der Waals surface area (Å²) in [6.45, 7) is 9.70. The van der Waals surface area contributed by atoms with Gasteiger partial charge in [-0.15, -0.1) is 0 Å². The first-order valence-electron chi connectivity index (χ1n) is 12.7. The molecule has 172 valence electrons. The van der Waals surface area contributed by atoms with Crippen LogP contribution in [-0.2, 0) is 0 Å². The van der Waals surface area contributed by atoms with Crippen LogP contribution in [0.25, 0.3) is 0 Å². The van der Waals surface area contributed by atoms with E-state index in [9.17, 15) is 0 Å². The maximum atomic E-state index is 4.14. The number of hydrogen-bond acceptors (Lipinski definition) is 1. The van der Waals surface area contributed by atoms with Crippen molar-refractivity contribution in [2.24, 2.45) is 5.25 Å². The highest BCUT2D eigenvalue weighted by molar-refractivity contribution is 7.75. The Morgan fingerprint density at radius 3 is 0.893 bits per heavy atom. The predicted octanol–water partition coefficient (Wildman–Crippen LogP) is 9.81. The molecule has 0 aliphatic heterocycles. The predicted molar refractivity (Wildman–Crippen MR) is 138 cm³/mol. The Morgan fingerprint density at radius 2 is 0.643 bits per heavy atom. The molecule has 0 aromatic heterocycles. The molecule has 0 fully saturated rings. The smallest absolute Gasteiger partial charge is 0.0591 e. The third-order valence-corrected chi connectivity index (χ3v) is 10.3. The average Bonchev–Trinajstić information content (AvgIpc) is 2.71. The molecule has 2 N–H and O–H groups in total. The summed E-state index contributed by atoms with van der Waals surface area (Å²) in [5.41, 5.74) is 0. The number of rotatable bonds is 21. The van der Waals surface area contributed by atoms with Crippen molar-refractivity contribution < 1.29 is 0 Å². The van der Waals surface area contributed by atoms with E-state index in [2.05, 4.69) is 44.5 Å². The fraction of sp³-hybridized carbons (Fsp3) is 1.00. The van der Waals surface area contributed by atoms with E-state index in [4.69, 9.17) is 0 Å². The van der Waals surface area contributed by atoms with Gasteiger partial charge in [-0.25, -0.2) is 5.25 Å². The van der Waals surface area contributed by atoms with Crippen molar-refractivity contribution in [1.82, 2.24) is 0 Å². The number of halogens is 1. The Morgan fingerprint density at radius 1 is 0.429 bits per heavy atom. The molecule has 0 rings (SSSR count). The summed E-state index contributed by atoms with van der Waals surface area (Å²) in [5, 5.41) is 3.97. The monoisotopic (exact) mass is 436 g/mol. The second-order valence-electron chi connectivity index (χ2n) is 9.09. The van der Waals surface area contributed by atoms with E-state index < -0.39 is 7.26 Å². The third-order valence-electron chi connectivity index (χ3n) is 6.15. The van der Waals surface area contributed by atoms with Crippen molar-refractivity contribution in [2.45, 2.75) is 136 Å². The van der Waals surface area contributed by atoms with Crippen LogP contribution in [0.1, 0.15) is 136 Å². The molecule has 0 aromatic carbocycles. The zero-order valence-corrected chi connectivity index (χ0v) is 21.9. The number of hydrogen-bond donors (Lipinski definition) is 1. The van der Waals surface area contributed by atoms with Gasteiger partial charge in [0.05, 0.1) is 18.5 Å². The van der Waals surface area contributed by atoms with Gasteiger partial charge in [-0.1, -0.05) is 97.8 Å². The van der Waals surface area contributed by atoms with Crippen molar-refractivity contribution in [3.8, 4) is 0 Å². The van der Waals surface area contributed by atoms with Crippen molar-refractivity contribution in [3.05, 3.63) is 0 Å². The lowest BCUT2D eigenvalue weighted by atomic mass is 10.1. The normalized spacial score (nSPS) is 11.4. The van der Waals surface area contributed by atoms with E-state index in [1.54, 1.807) is 18.5 Å². The zero-order valence-electron chi connectivity index (χ0n) is 20.3. The van der Waals surface area contributed by atoms with E-state index in [0.29, 0.717) is 0 Å². The topological polar surface area (TPSA) is 26.0 Å². The van der Waals surface area contributed by atoms with Crippen LogP contribution in [0.4, 0.5) is 0 Å². The Hall–Kier alpha value is 0.680. The van der Waals surface area contributed by atoms with E-state index in [1.165, 1.54) is 116 Å². The summed E-state index contributed by atoms with van der Waals surface area (Å²) in [7, 11) is -0.636. The molecule has 0 aromatic rings. The molecule has 0 heterocycles. The average molecular weight is 437 g/mol. The molecule has 0 bridgehead atoms. The first-order valence-corrected chi connectivity index (χ1v) is 16.0. The Kier molecular flexibility index (Phi) is 28.4. The highest BCUT2D eigenvalue weighted by Crippen LogP contribution is 2.57. The van der Waals surface area contributed by atoms with Gasteiger partial charge in [-0.3, -0.25) is 0 Å². The molecular formula is C25H56ClNP+. The minimum atomic E-state index is -0.636. The maximum Gasteiger partial charge on any atom is 0.0591 e. The van der Waals surface area contributed by atoms with E-state index in [1.807, 2.05) is 0 Å². The molecule has 0 radical (unpaired) electrons. The summed E-state index contributed by atoms with van der Waals surface area (Å²) < 4.78 is 0. The molecule has 28 heavy (non-hydrogen) atoms. The fourth-order valence-corrected chi connectivity index (χ4v) is 7.79. The van der Waals surface area contributed by atoms with Crippen LogP contribution in [0, 0.1) is 0 Å². The standard InChI is InChI=1S/C25H54P.ClH2N/c1-5-8-11-14-17-20-23-26(4,24-21-18-15-12-9-6-2)25-22-19-16-13-10-7-3;1-2/h5-25H2,1-4H3;2H2/q+1;. The second kappa shape index (κ2) is 25.7. The maximum absolute atomic E-state index is 4.14. The number of unbranched alkanes of at least 4 members (excludes halogenated alkanes) is 15. The quantitative estimate of drug-likeness (QED) is 0.108. The molecule has 1 nitrogen and oxygen atoms in total. The number of nitrogens with two attached hydrogens (primary N) is 1. The van der Waals surface area contributed by atoms with Crippen molar-refractivity contribution in [2.75, 3.05) is 25.2 Å². The molecule has 0 spiro atoms. The first-order chi connectivity index (χ1) is 13.7. The highest BCUT2D eigenvalue weighted by atomic mass is 35.5. The fourth-order valence-electron chi connectivity index (χ4n) is 4.16. The first kappa shape index (κ1) is 30.9. The zero-order chi connectivity index (χ0) is 21.3. The van der Waals surface area contributed by atoms with Gasteiger partial charge in [-0.05, 0) is 50.3 Å². The SMILES string of the molecule is CCCCCCCC[P+](C)(CCCCCCCC)CCCCCCCC.NCl. The van der Waals surface area contributed by atoms with Crippen LogP contribution in [0.15, 0.2) is 0 Å². The Labute approximate surface area is 185 Å². The van der Waals surface area contributed by atoms with Crippen molar-refractivity contribution in [3.63, 3.8) is 0 Å². The van der Waals surface area contributed by atoms with Gasteiger partial charge >= 0.3 is 0 Å². The molecule has 0 amide bonds. The van der Waals surface area contributed by atoms with Crippen LogP contribution in [-0.4, -0.2) is 25.2 Å². The molecular weight excluding hydrogens is 381 g/mol. The lowest BCUT2D eigenvalue weighted by Crippen LogP contribution is -2.08. The van der Waals surface area contributed by atoms with Crippen LogP contribution < -0.4 is 5.25 Å². The van der Waals surface area contributed by atoms with Gasteiger partial charge in [0, 0.05) is 13.9 Å². The second-order valence-corrected chi connectivity index (χ2v) is 13.7. The molecule has 0 unspecified atom stereocenters. The van der Waals surface area contributed by atoms with E-state index in [-0.39, 0.29) is 0 Å². The minimum absolute atomic E-state index is 0.636. The van der Waals surface area contributed by atoms with Gasteiger partial charge in [-0.2, -0.15) is 0 Å². The summed E-state index contributed by atoms with van der Waals surface area (Å²) in [6.07, 6.45) is 31.2. The third kappa shape index (κ3) is 23.0. The minimum Gasteiger partial charge on any atom is -0.247 e. The van der Waals surface area contributed by atoms with E-state index in [0.717, 1.165) is 0 Å². The Bertz CT molecular complexity index is 232. The van der Waals surface area contributed by atoms with Gasteiger partial charge in [0.2, 0.25) is 0 Å². The van der Waals surface area contributed by atoms with Gasteiger partial charge in [0.1, 0.15) is 0 Å². The van der Waals surface area contributed by atoms with Crippen molar-refractivity contribution in [1.29, 1.82) is 0 Å².